The fourth-order valence-electron chi connectivity index (χ4n) is 2.97. The predicted octanol–water partition coefficient (Wildman–Crippen LogP) is 1.42. The fraction of sp³-hybridized carbons (Fsp3) is 0.444. The summed E-state index contributed by atoms with van der Waals surface area (Å²) in [7, 11) is 0. The molecule has 0 amide bonds. The van der Waals surface area contributed by atoms with Gasteiger partial charge in [0.05, 0.1) is 36.8 Å². The molecule has 1 aromatic carbocycles. The summed E-state index contributed by atoms with van der Waals surface area (Å²) in [6.07, 6.45) is 4.03. The minimum absolute atomic E-state index is 0.00739. The number of aliphatic imine (C=N–C) groups is 2. The smallest absolute Gasteiger partial charge is 0.172 e. The van der Waals surface area contributed by atoms with E-state index in [0.29, 0.717) is 18.9 Å². The Labute approximate surface area is 148 Å². The second-order valence-corrected chi connectivity index (χ2v) is 5.94. The van der Waals surface area contributed by atoms with Crippen LogP contribution >= 0.6 is 0 Å². The summed E-state index contributed by atoms with van der Waals surface area (Å²) in [5, 5.41) is 20.6. The Hall–Kier alpha value is -2.38. The molecule has 1 aromatic rings. The van der Waals surface area contributed by atoms with E-state index in [1.54, 1.807) is 0 Å². The summed E-state index contributed by atoms with van der Waals surface area (Å²) in [6, 6.07) is 7.93. The zero-order valence-electron chi connectivity index (χ0n) is 14.5. The number of aliphatic hydroxyl groups is 2. The highest BCUT2D eigenvalue weighted by Gasteiger charge is 2.31. The number of benzene rings is 1. The minimum atomic E-state index is 0.00739. The van der Waals surface area contributed by atoms with Crippen LogP contribution in [0.25, 0.3) is 0 Å². The molecular weight excluding hydrogens is 318 g/mol. The molecule has 2 aliphatic rings. The zero-order valence-corrected chi connectivity index (χ0v) is 14.5. The van der Waals surface area contributed by atoms with Crippen LogP contribution in [0, 0.1) is 0 Å². The number of hydrazine groups is 1. The van der Waals surface area contributed by atoms with Gasteiger partial charge in [0.2, 0.25) is 0 Å². The van der Waals surface area contributed by atoms with E-state index >= 15 is 0 Å². The highest BCUT2D eigenvalue weighted by Crippen LogP contribution is 2.37. The van der Waals surface area contributed by atoms with Crippen LogP contribution in [0.5, 0.6) is 0 Å². The molecule has 2 aliphatic heterocycles. The van der Waals surface area contributed by atoms with Crippen molar-refractivity contribution in [3.05, 3.63) is 36.0 Å². The van der Waals surface area contributed by atoms with Gasteiger partial charge in [0, 0.05) is 19.2 Å². The molecule has 0 unspecified atom stereocenters. The molecule has 25 heavy (non-hydrogen) atoms. The van der Waals surface area contributed by atoms with Gasteiger partial charge in [-0.2, -0.15) is 0 Å². The minimum Gasteiger partial charge on any atom is -0.395 e. The van der Waals surface area contributed by atoms with Crippen LogP contribution in [0.4, 0.5) is 11.4 Å². The lowest BCUT2D eigenvalue weighted by Gasteiger charge is -2.40. The van der Waals surface area contributed by atoms with Crippen molar-refractivity contribution >= 4 is 23.0 Å². The monoisotopic (exact) mass is 343 g/mol. The van der Waals surface area contributed by atoms with Crippen molar-refractivity contribution in [1.82, 2.24) is 10.4 Å². The largest absolute Gasteiger partial charge is 0.395 e. The van der Waals surface area contributed by atoms with E-state index in [9.17, 15) is 5.11 Å². The van der Waals surface area contributed by atoms with Gasteiger partial charge in [0.25, 0.3) is 0 Å². The molecule has 7 nitrogen and oxygen atoms in total. The van der Waals surface area contributed by atoms with Gasteiger partial charge < -0.3 is 15.1 Å². The maximum Gasteiger partial charge on any atom is 0.172 e. The number of β-amino-alcohol motifs (C(OH)–C–C–N with tert-alkyl or cyclic N) is 1. The molecule has 7 heteroatoms. The topological polar surface area (TPSA) is 83.7 Å². The molecule has 0 radical (unpaired) electrons. The molecular formula is C18H25N5O2. The second kappa shape index (κ2) is 8.13. The Bertz CT molecular complexity index is 698. The van der Waals surface area contributed by atoms with Crippen LogP contribution in [0.2, 0.25) is 0 Å². The van der Waals surface area contributed by atoms with Crippen LogP contribution in [0.1, 0.15) is 19.8 Å². The van der Waals surface area contributed by atoms with Gasteiger partial charge in [-0.05, 0) is 18.6 Å². The standard InChI is InChI=1S/C18H25N5O2/c1-2-3-9-23-18-16(13-17(21-23)19-8-11-24)22(10-12-25)15-7-5-4-6-14(15)20-18/h4-7,13,24-25H,2-3,8-12H2,1H3,(H,19,21). The van der Waals surface area contributed by atoms with Crippen LogP contribution < -0.4 is 10.3 Å². The van der Waals surface area contributed by atoms with Crippen molar-refractivity contribution in [2.45, 2.75) is 19.8 Å². The first kappa shape index (κ1) is 17.4. The first-order valence-electron chi connectivity index (χ1n) is 8.76. The average Bonchev–Trinajstić information content (AvgIpc) is 2.64. The van der Waals surface area contributed by atoms with Crippen molar-refractivity contribution in [3.8, 4) is 0 Å². The molecule has 0 bridgehead atoms. The van der Waals surface area contributed by atoms with Crippen molar-refractivity contribution in [3.63, 3.8) is 0 Å². The fourth-order valence-corrected chi connectivity index (χ4v) is 2.97. The Morgan fingerprint density at radius 1 is 1.16 bits per heavy atom. The van der Waals surface area contributed by atoms with Gasteiger partial charge in [-0.25, -0.2) is 4.99 Å². The summed E-state index contributed by atoms with van der Waals surface area (Å²) in [6.45, 7) is 3.84. The average molecular weight is 343 g/mol. The van der Waals surface area contributed by atoms with E-state index in [1.807, 2.05) is 35.4 Å². The summed E-state index contributed by atoms with van der Waals surface area (Å²) in [4.78, 5) is 11.3. The molecule has 0 atom stereocenters. The Morgan fingerprint density at radius 3 is 2.76 bits per heavy atom. The number of anilines is 1. The third-order valence-corrected chi connectivity index (χ3v) is 4.14. The lowest BCUT2D eigenvalue weighted by atomic mass is 10.1. The quantitative estimate of drug-likeness (QED) is 0.697. The summed E-state index contributed by atoms with van der Waals surface area (Å²) < 4.78 is 0. The van der Waals surface area contributed by atoms with Gasteiger partial charge in [-0.1, -0.05) is 25.5 Å². The number of hydrogen-bond donors (Lipinski definition) is 3. The van der Waals surface area contributed by atoms with Crippen molar-refractivity contribution in [1.29, 1.82) is 0 Å². The molecule has 0 saturated carbocycles. The summed E-state index contributed by atoms with van der Waals surface area (Å²) in [5.74, 6) is 1.53. The van der Waals surface area contributed by atoms with Gasteiger partial charge in [-0.15, -0.1) is 0 Å². The second-order valence-electron chi connectivity index (χ2n) is 5.94. The Morgan fingerprint density at radius 2 is 2.00 bits per heavy atom. The lowest BCUT2D eigenvalue weighted by molar-refractivity contribution is 0.303. The first-order valence-corrected chi connectivity index (χ1v) is 8.76. The van der Waals surface area contributed by atoms with Gasteiger partial charge in [0.15, 0.2) is 5.84 Å². The van der Waals surface area contributed by atoms with Crippen molar-refractivity contribution in [2.24, 2.45) is 9.98 Å². The molecule has 0 spiro atoms. The molecule has 0 aliphatic carbocycles. The molecule has 3 rings (SSSR count). The molecule has 134 valence electrons. The number of rotatable bonds is 7. The van der Waals surface area contributed by atoms with E-state index in [2.05, 4.69) is 22.2 Å². The Kier molecular flexibility index (Phi) is 5.67. The summed E-state index contributed by atoms with van der Waals surface area (Å²) >= 11 is 0. The van der Waals surface area contributed by atoms with E-state index in [1.165, 1.54) is 0 Å². The highest BCUT2D eigenvalue weighted by molar-refractivity contribution is 6.14. The SMILES string of the molecule is CCCCN1NC(=NCCO)C=C2C1=Nc1ccccc1N2CCO. The maximum atomic E-state index is 9.55. The number of unbranched alkanes of at least 4 members (excludes halogenated alkanes) is 1. The molecule has 2 heterocycles. The number of fused-ring (bicyclic) bond motifs is 2. The van der Waals surface area contributed by atoms with Crippen LogP contribution in [-0.4, -0.2) is 59.7 Å². The zero-order chi connectivity index (χ0) is 17.6. The molecule has 0 aromatic heterocycles. The Balaban J connectivity index is 2.05. The van der Waals surface area contributed by atoms with Crippen LogP contribution in [0.15, 0.2) is 46.0 Å². The first-order chi connectivity index (χ1) is 12.3. The van der Waals surface area contributed by atoms with E-state index < -0.39 is 0 Å². The third-order valence-electron chi connectivity index (χ3n) is 4.14. The van der Waals surface area contributed by atoms with E-state index in [-0.39, 0.29) is 13.2 Å². The molecule has 0 saturated heterocycles. The van der Waals surface area contributed by atoms with Gasteiger partial charge >= 0.3 is 0 Å². The van der Waals surface area contributed by atoms with E-state index in [0.717, 1.165) is 42.3 Å². The summed E-state index contributed by atoms with van der Waals surface area (Å²) in [5.41, 5.74) is 6.08. The predicted molar refractivity (Wildman–Crippen MR) is 100 cm³/mol. The maximum absolute atomic E-state index is 9.55. The van der Waals surface area contributed by atoms with E-state index in [4.69, 9.17) is 10.1 Å². The number of nitrogens with one attached hydrogen (secondary N) is 1. The van der Waals surface area contributed by atoms with Crippen molar-refractivity contribution < 1.29 is 10.2 Å². The van der Waals surface area contributed by atoms with Gasteiger partial charge in [0.1, 0.15) is 5.84 Å². The number of nitrogens with zero attached hydrogens (tertiary/aromatic N) is 4. The third kappa shape index (κ3) is 3.67. The molecule has 0 fully saturated rings. The van der Waals surface area contributed by atoms with Crippen LogP contribution in [-0.2, 0) is 0 Å². The number of amidine groups is 2. The number of hydrogen-bond acceptors (Lipinski definition) is 6. The molecule has 3 N–H and O–H groups in total. The van der Waals surface area contributed by atoms with Crippen LogP contribution in [0.3, 0.4) is 0 Å². The number of para-hydroxylation sites is 2. The number of aliphatic hydroxyl groups excluding tert-OH is 2. The van der Waals surface area contributed by atoms with Crippen molar-refractivity contribution in [2.75, 3.05) is 37.7 Å². The van der Waals surface area contributed by atoms with Gasteiger partial charge in [-0.3, -0.25) is 15.4 Å². The normalized spacial score (nSPS) is 17.6. The lowest BCUT2D eigenvalue weighted by Crippen LogP contribution is -2.54. The highest BCUT2D eigenvalue weighted by atomic mass is 16.3.